The Labute approximate surface area is 90.1 Å². The SMILES string of the molecule is CNC(CCC(C)(C)C)c1csnn1. The van der Waals surface area contributed by atoms with Crippen LogP contribution in [0.15, 0.2) is 5.38 Å². The van der Waals surface area contributed by atoms with Crippen molar-refractivity contribution in [1.29, 1.82) is 0 Å². The third kappa shape index (κ3) is 3.72. The average molecular weight is 213 g/mol. The predicted molar refractivity (Wildman–Crippen MR) is 60.4 cm³/mol. The Bertz CT molecular complexity index is 251. The molecule has 1 N–H and O–H groups in total. The maximum Gasteiger partial charge on any atom is 0.0924 e. The monoisotopic (exact) mass is 213 g/mol. The van der Waals surface area contributed by atoms with Gasteiger partial charge in [0.05, 0.1) is 11.7 Å². The van der Waals surface area contributed by atoms with E-state index in [1.54, 1.807) is 0 Å². The molecule has 4 heteroatoms. The van der Waals surface area contributed by atoms with E-state index >= 15 is 0 Å². The molecule has 1 aromatic heterocycles. The van der Waals surface area contributed by atoms with Crippen LogP contribution in [0.4, 0.5) is 0 Å². The molecule has 0 amide bonds. The summed E-state index contributed by atoms with van der Waals surface area (Å²) in [6.45, 7) is 6.79. The normalized spacial score (nSPS) is 14.3. The second-order valence-corrected chi connectivity index (χ2v) is 5.38. The highest BCUT2D eigenvalue weighted by Gasteiger charge is 2.16. The molecule has 14 heavy (non-hydrogen) atoms. The third-order valence-electron chi connectivity index (χ3n) is 2.27. The Morgan fingerprint density at radius 2 is 2.21 bits per heavy atom. The van der Waals surface area contributed by atoms with Crippen molar-refractivity contribution < 1.29 is 0 Å². The molecule has 1 unspecified atom stereocenters. The fourth-order valence-electron chi connectivity index (χ4n) is 1.34. The summed E-state index contributed by atoms with van der Waals surface area (Å²) >= 11 is 1.42. The number of hydrogen-bond donors (Lipinski definition) is 1. The Kier molecular flexibility index (Phi) is 4.01. The van der Waals surface area contributed by atoms with Gasteiger partial charge in [-0.1, -0.05) is 25.3 Å². The molecule has 0 aromatic carbocycles. The molecular formula is C10H19N3S. The molecule has 0 bridgehead atoms. The molecule has 0 radical (unpaired) electrons. The Morgan fingerprint density at radius 3 is 2.64 bits per heavy atom. The van der Waals surface area contributed by atoms with Crippen molar-refractivity contribution in [1.82, 2.24) is 14.9 Å². The first kappa shape index (κ1) is 11.6. The van der Waals surface area contributed by atoms with Gasteiger partial charge in [0, 0.05) is 5.38 Å². The van der Waals surface area contributed by atoms with Crippen molar-refractivity contribution in [3.63, 3.8) is 0 Å². The molecular weight excluding hydrogens is 194 g/mol. The van der Waals surface area contributed by atoms with E-state index in [9.17, 15) is 0 Å². The van der Waals surface area contributed by atoms with E-state index in [-0.39, 0.29) is 0 Å². The van der Waals surface area contributed by atoms with Crippen LogP contribution in [-0.2, 0) is 0 Å². The van der Waals surface area contributed by atoms with Crippen molar-refractivity contribution >= 4 is 11.5 Å². The van der Waals surface area contributed by atoms with Gasteiger partial charge in [0.1, 0.15) is 0 Å². The molecule has 1 heterocycles. The molecule has 0 saturated carbocycles. The summed E-state index contributed by atoms with van der Waals surface area (Å²) in [5.74, 6) is 0. The van der Waals surface area contributed by atoms with Gasteiger partial charge in [-0.3, -0.25) is 0 Å². The van der Waals surface area contributed by atoms with Crippen molar-refractivity contribution in [2.45, 2.75) is 39.7 Å². The van der Waals surface area contributed by atoms with Gasteiger partial charge in [0.15, 0.2) is 0 Å². The molecule has 1 aromatic rings. The van der Waals surface area contributed by atoms with E-state index in [1.807, 2.05) is 12.4 Å². The molecule has 3 nitrogen and oxygen atoms in total. The highest BCUT2D eigenvalue weighted by atomic mass is 32.1. The van der Waals surface area contributed by atoms with Crippen molar-refractivity contribution in [2.24, 2.45) is 5.41 Å². The zero-order valence-corrected chi connectivity index (χ0v) is 10.2. The molecule has 0 fully saturated rings. The van der Waals surface area contributed by atoms with E-state index < -0.39 is 0 Å². The highest BCUT2D eigenvalue weighted by Crippen LogP contribution is 2.26. The lowest BCUT2D eigenvalue weighted by molar-refractivity contribution is 0.336. The highest BCUT2D eigenvalue weighted by molar-refractivity contribution is 7.03. The van der Waals surface area contributed by atoms with E-state index in [0.29, 0.717) is 11.5 Å². The predicted octanol–water partition coefficient (Wildman–Crippen LogP) is 2.62. The zero-order chi connectivity index (χ0) is 10.6. The number of rotatable bonds is 4. The minimum Gasteiger partial charge on any atom is -0.312 e. The lowest BCUT2D eigenvalue weighted by Gasteiger charge is -2.21. The van der Waals surface area contributed by atoms with Gasteiger partial charge in [-0.2, -0.15) is 0 Å². The molecule has 80 valence electrons. The standard InChI is InChI=1S/C10H19N3S/c1-10(2,3)6-5-8(11-4)9-7-14-13-12-9/h7-8,11H,5-6H2,1-4H3. The largest absolute Gasteiger partial charge is 0.312 e. The first-order chi connectivity index (χ1) is 6.53. The first-order valence-electron chi connectivity index (χ1n) is 4.97. The van der Waals surface area contributed by atoms with Crippen LogP contribution in [0.25, 0.3) is 0 Å². The van der Waals surface area contributed by atoms with Gasteiger partial charge in [-0.15, -0.1) is 5.10 Å². The van der Waals surface area contributed by atoms with Gasteiger partial charge in [0.2, 0.25) is 0 Å². The summed E-state index contributed by atoms with van der Waals surface area (Å²) in [6.07, 6.45) is 2.31. The lowest BCUT2D eigenvalue weighted by atomic mass is 9.88. The average Bonchev–Trinajstić information content (AvgIpc) is 2.56. The number of hydrogen-bond acceptors (Lipinski definition) is 4. The molecule has 0 saturated heterocycles. The summed E-state index contributed by atoms with van der Waals surface area (Å²) in [5.41, 5.74) is 1.46. The van der Waals surface area contributed by atoms with Crippen LogP contribution in [0, 0.1) is 5.41 Å². The van der Waals surface area contributed by atoms with Crippen molar-refractivity contribution in [3.05, 3.63) is 11.1 Å². The number of nitrogens with zero attached hydrogens (tertiary/aromatic N) is 2. The van der Waals surface area contributed by atoms with Crippen molar-refractivity contribution in [2.75, 3.05) is 7.05 Å². The topological polar surface area (TPSA) is 37.8 Å². The van der Waals surface area contributed by atoms with Crippen LogP contribution >= 0.6 is 11.5 Å². The summed E-state index contributed by atoms with van der Waals surface area (Å²) in [6, 6.07) is 0.355. The Hall–Kier alpha value is -0.480. The third-order valence-corrected chi connectivity index (χ3v) is 2.79. The first-order valence-corrected chi connectivity index (χ1v) is 5.81. The lowest BCUT2D eigenvalue weighted by Crippen LogP contribution is -2.19. The Morgan fingerprint density at radius 1 is 1.50 bits per heavy atom. The van der Waals surface area contributed by atoms with Crippen LogP contribution < -0.4 is 5.32 Å². The van der Waals surface area contributed by atoms with Crippen molar-refractivity contribution in [3.8, 4) is 0 Å². The van der Waals surface area contributed by atoms with Crippen LogP contribution in [0.5, 0.6) is 0 Å². The molecule has 0 aliphatic rings. The second-order valence-electron chi connectivity index (χ2n) is 4.77. The summed E-state index contributed by atoms with van der Waals surface area (Å²) in [5, 5.41) is 9.39. The maximum absolute atomic E-state index is 4.09. The van der Waals surface area contributed by atoms with Gasteiger partial charge >= 0.3 is 0 Å². The van der Waals surface area contributed by atoms with Crippen LogP contribution in [0.1, 0.15) is 45.3 Å². The van der Waals surface area contributed by atoms with Gasteiger partial charge < -0.3 is 5.32 Å². The fraction of sp³-hybridized carbons (Fsp3) is 0.800. The smallest absolute Gasteiger partial charge is 0.0924 e. The van der Waals surface area contributed by atoms with Crippen LogP contribution in [0.2, 0.25) is 0 Å². The molecule has 0 spiro atoms. The molecule has 0 aliphatic heterocycles. The fourth-order valence-corrected chi connectivity index (χ4v) is 1.85. The summed E-state index contributed by atoms with van der Waals surface area (Å²) in [4.78, 5) is 0. The molecule has 1 rings (SSSR count). The van der Waals surface area contributed by atoms with Gasteiger partial charge in [-0.05, 0) is 36.8 Å². The second kappa shape index (κ2) is 4.84. The number of aromatic nitrogens is 2. The van der Waals surface area contributed by atoms with Gasteiger partial charge in [0.25, 0.3) is 0 Å². The van der Waals surface area contributed by atoms with E-state index in [2.05, 4.69) is 35.7 Å². The van der Waals surface area contributed by atoms with E-state index in [0.717, 1.165) is 12.1 Å². The zero-order valence-electron chi connectivity index (χ0n) is 9.37. The van der Waals surface area contributed by atoms with Gasteiger partial charge in [-0.25, -0.2) is 0 Å². The minimum atomic E-state index is 0.355. The number of nitrogens with one attached hydrogen (secondary N) is 1. The van der Waals surface area contributed by atoms with Crippen LogP contribution in [0.3, 0.4) is 0 Å². The maximum atomic E-state index is 4.09. The van der Waals surface area contributed by atoms with Crippen LogP contribution in [-0.4, -0.2) is 16.6 Å². The quantitative estimate of drug-likeness (QED) is 0.835. The molecule has 0 aliphatic carbocycles. The summed E-state index contributed by atoms with van der Waals surface area (Å²) in [7, 11) is 1.98. The Balaban J connectivity index is 2.49. The minimum absolute atomic E-state index is 0.355. The summed E-state index contributed by atoms with van der Waals surface area (Å²) < 4.78 is 3.89. The van der Waals surface area contributed by atoms with E-state index in [1.165, 1.54) is 18.0 Å². The molecule has 1 atom stereocenters. The van der Waals surface area contributed by atoms with E-state index in [4.69, 9.17) is 0 Å².